The van der Waals surface area contributed by atoms with Gasteiger partial charge in [0, 0.05) is 19.1 Å². The molecule has 2 aliphatic heterocycles. The molecule has 5 nitrogen and oxygen atoms in total. The number of amides is 1. The fourth-order valence-corrected chi connectivity index (χ4v) is 4.28. The number of rotatable bonds is 7. The number of ether oxygens (including phenoxy) is 2. The van der Waals surface area contributed by atoms with Crippen molar-refractivity contribution in [2.75, 3.05) is 39.9 Å². The van der Waals surface area contributed by atoms with Crippen molar-refractivity contribution in [2.45, 2.75) is 57.4 Å². The smallest absolute Gasteiger partial charge is 0.260 e. The van der Waals surface area contributed by atoms with Crippen LogP contribution in [0.15, 0.2) is 24.3 Å². The lowest BCUT2D eigenvalue weighted by atomic mass is 9.99. The number of benzene rings is 1. The monoisotopic (exact) mass is 374 g/mol. The van der Waals surface area contributed by atoms with Crippen LogP contribution in [0.5, 0.6) is 11.5 Å². The van der Waals surface area contributed by atoms with E-state index < -0.39 is 0 Å². The van der Waals surface area contributed by atoms with Gasteiger partial charge >= 0.3 is 0 Å². The van der Waals surface area contributed by atoms with E-state index in [0.717, 1.165) is 32.4 Å². The lowest BCUT2D eigenvalue weighted by Crippen LogP contribution is -2.47. The zero-order valence-electron chi connectivity index (χ0n) is 16.7. The van der Waals surface area contributed by atoms with Gasteiger partial charge in [0.25, 0.3) is 5.91 Å². The number of nitrogens with zero attached hydrogens (tertiary/aromatic N) is 2. The Morgan fingerprint density at radius 2 is 1.70 bits per heavy atom. The molecule has 0 aliphatic carbocycles. The molecule has 1 atom stereocenters. The van der Waals surface area contributed by atoms with Crippen molar-refractivity contribution >= 4 is 5.91 Å². The van der Waals surface area contributed by atoms with Gasteiger partial charge in [-0.1, -0.05) is 25.0 Å². The maximum absolute atomic E-state index is 12.8. The summed E-state index contributed by atoms with van der Waals surface area (Å²) in [6.07, 6.45) is 9.90. The van der Waals surface area contributed by atoms with Gasteiger partial charge in [0.1, 0.15) is 0 Å². The number of methoxy groups -OCH3 is 1. The predicted molar refractivity (Wildman–Crippen MR) is 107 cm³/mol. The molecule has 27 heavy (non-hydrogen) atoms. The van der Waals surface area contributed by atoms with Gasteiger partial charge in [0.05, 0.1) is 7.11 Å². The van der Waals surface area contributed by atoms with Crippen LogP contribution < -0.4 is 9.47 Å². The van der Waals surface area contributed by atoms with E-state index in [1.54, 1.807) is 7.11 Å². The molecule has 2 saturated heterocycles. The molecule has 5 heteroatoms. The fourth-order valence-electron chi connectivity index (χ4n) is 4.28. The summed E-state index contributed by atoms with van der Waals surface area (Å²) in [6, 6.07) is 7.85. The molecule has 1 aromatic carbocycles. The lowest BCUT2D eigenvalue weighted by molar-refractivity contribution is -0.137. The maximum Gasteiger partial charge on any atom is 0.260 e. The minimum absolute atomic E-state index is 0.0839. The first kappa shape index (κ1) is 20.0. The average molecular weight is 375 g/mol. The number of piperidine rings is 1. The van der Waals surface area contributed by atoms with Crippen molar-refractivity contribution in [3.05, 3.63) is 24.3 Å². The molecule has 0 bridgehead atoms. The molecular formula is C22H34N2O3. The summed E-state index contributed by atoms with van der Waals surface area (Å²) < 4.78 is 11.1. The van der Waals surface area contributed by atoms with Gasteiger partial charge in [-0.3, -0.25) is 4.79 Å². The third-order valence-electron chi connectivity index (χ3n) is 5.84. The van der Waals surface area contributed by atoms with Gasteiger partial charge in [-0.05, 0) is 63.7 Å². The third-order valence-corrected chi connectivity index (χ3v) is 5.84. The van der Waals surface area contributed by atoms with Gasteiger partial charge in [-0.25, -0.2) is 0 Å². The van der Waals surface area contributed by atoms with Crippen LogP contribution >= 0.6 is 0 Å². The number of hydrogen-bond donors (Lipinski definition) is 0. The predicted octanol–water partition coefficient (Wildman–Crippen LogP) is 3.72. The highest BCUT2D eigenvalue weighted by Crippen LogP contribution is 2.26. The van der Waals surface area contributed by atoms with Crippen LogP contribution in [-0.4, -0.2) is 61.6 Å². The van der Waals surface area contributed by atoms with E-state index in [2.05, 4.69) is 9.80 Å². The van der Waals surface area contributed by atoms with E-state index in [1.165, 1.54) is 45.2 Å². The van der Waals surface area contributed by atoms with E-state index in [1.807, 2.05) is 24.3 Å². The zero-order chi connectivity index (χ0) is 18.9. The third kappa shape index (κ3) is 5.86. The topological polar surface area (TPSA) is 42.0 Å². The first-order valence-corrected chi connectivity index (χ1v) is 10.6. The van der Waals surface area contributed by atoms with Crippen molar-refractivity contribution in [1.29, 1.82) is 0 Å². The maximum atomic E-state index is 12.8. The first-order valence-electron chi connectivity index (χ1n) is 10.6. The first-order chi connectivity index (χ1) is 13.3. The Morgan fingerprint density at radius 3 is 2.44 bits per heavy atom. The van der Waals surface area contributed by atoms with E-state index in [9.17, 15) is 4.79 Å². The molecule has 1 unspecified atom stereocenters. The second kappa shape index (κ2) is 10.5. The van der Waals surface area contributed by atoms with Crippen LogP contribution in [0, 0.1) is 0 Å². The highest BCUT2D eigenvalue weighted by Gasteiger charge is 2.27. The second-order valence-corrected chi connectivity index (χ2v) is 7.72. The van der Waals surface area contributed by atoms with Crippen LogP contribution in [-0.2, 0) is 4.79 Å². The summed E-state index contributed by atoms with van der Waals surface area (Å²) in [4.78, 5) is 17.5. The van der Waals surface area contributed by atoms with E-state index >= 15 is 0 Å². The Bertz CT molecular complexity index is 585. The van der Waals surface area contributed by atoms with Crippen molar-refractivity contribution in [3.8, 4) is 11.5 Å². The summed E-state index contributed by atoms with van der Waals surface area (Å²) >= 11 is 0. The van der Waals surface area contributed by atoms with Gasteiger partial charge in [0.2, 0.25) is 0 Å². The molecule has 1 amide bonds. The quantitative estimate of drug-likeness (QED) is 0.729. The number of likely N-dealkylation sites (tertiary alicyclic amines) is 2. The highest BCUT2D eigenvalue weighted by molar-refractivity contribution is 5.78. The standard InChI is InChI=1S/C22H34N2O3/c1-26-20-11-4-5-12-21(20)27-18-22(25)24-16-9-6-10-19(24)13-17-23-14-7-2-3-8-15-23/h4-5,11-12,19H,2-3,6-10,13-18H2,1H3. The van der Waals surface area contributed by atoms with Crippen LogP contribution in [0.25, 0.3) is 0 Å². The Hall–Kier alpha value is -1.75. The fraction of sp³-hybridized carbons (Fsp3) is 0.682. The highest BCUT2D eigenvalue weighted by atomic mass is 16.5. The molecule has 1 aromatic rings. The van der Waals surface area contributed by atoms with Crippen LogP contribution in [0.4, 0.5) is 0 Å². The zero-order valence-corrected chi connectivity index (χ0v) is 16.7. The number of carbonyl (C=O) groups excluding carboxylic acids is 1. The molecule has 150 valence electrons. The van der Waals surface area contributed by atoms with Gasteiger partial charge in [0.15, 0.2) is 18.1 Å². The molecule has 0 radical (unpaired) electrons. The Kier molecular flexibility index (Phi) is 7.81. The van der Waals surface area contributed by atoms with E-state index in [4.69, 9.17) is 9.47 Å². The van der Waals surface area contributed by atoms with Crippen molar-refractivity contribution < 1.29 is 14.3 Å². The second-order valence-electron chi connectivity index (χ2n) is 7.72. The van der Waals surface area contributed by atoms with Gasteiger partial charge in [-0.2, -0.15) is 0 Å². The number of carbonyl (C=O) groups is 1. The molecule has 2 fully saturated rings. The minimum atomic E-state index is 0.0839. The van der Waals surface area contributed by atoms with E-state index in [-0.39, 0.29) is 12.5 Å². The molecule has 0 aromatic heterocycles. The summed E-state index contributed by atoms with van der Waals surface area (Å²) in [7, 11) is 1.62. The van der Waals surface area contributed by atoms with Gasteiger partial charge < -0.3 is 19.3 Å². The normalized spacial score (nSPS) is 21.5. The summed E-state index contributed by atoms with van der Waals surface area (Å²) in [5.74, 6) is 1.40. The van der Waals surface area contributed by atoms with Crippen LogP contribution in [0.3, 0.4) is 0 Å². The van der Waals surface area contributed by atoms with E-state index in [0.29, 0.717) is 17.5 Å². The van der Waals surface area contributed by atoms with Crippen molar-refractivity contribution in [3.63, 3.8) is 0 Å². The van der Waals surface area contributed by atoms with Crippen molar-refractivity contribution in [1.82, 2.24) is 9.80 Å². The van der Waals surface area contributed by atoms with Gasteiger partial charge in [-0.15, -0.1) is 0 Å². The molecule has 0 saturated carbocycles. The van der Waals surface area contributed by atoms with Crippen molar-refractivity contribution in [2.24, 2.45) is 0 Å². The summed E-state index contributed by atoms with van der Waals surface area (Å²) in [5, 5.41) is 0. The minimum Gasteiger partial charge on any atom is -0.493 e. The molecular weight excluding hydrogens is 340 g/mol. The summed E-state index contributed by atoms with van der Waals surface area (Å²) in [6.45, 7) is 4.50. The van der Waals surface area contributed by atoms with Crippen LogP contribution in [0.1, 0.15) is 51.4 Å². The summed E-state index contributed by atoms with van der Waals surface area (Å²) in [5.41, 5.74) is 0. The SMILES string of the molecule is COc1ccccc1OCC(=O)N1CCCCC1CCN1CCCCCC1. The molecule has 0 spiro atoms. The molecule has 0 N–H and O–H groups in total. The number of para-hydroxylation sites is 2. The average Bonchev–Trinajstić information content (AvgIpc) is 2.99. The Morgan fingerprint density at radius 1 is 1.00 bits per heavy atom. The molecule has 3 rings (SSSR count). The van der Waals surface area contributed by atoms with Crippen LogP contribution in [0.2, 0.25) is 0 Å². The Labute approximate surface area is 163 Å². The largest absolute Gasteiger partial charge is 0.493 e. The molecule has 2 heterocycles. The molecule has 2 aliphatic rings. The lowest BCUT2D eigenvalue weighted by Gasteiger charge is -2.37. The Balaban J connectivity index is 1.51. The number of hydrogen-bond acceptors (Lipinski definition) is 4.